The van der Waals surface area contributed by atoms with Crippen LogP contribution in [0.15, 0.2) is 47.2 Å². The first-order valence-corrected chi connectivity index (χ1v) is 10.4. The van der Waals surface area contributed by atoms with E-state index in [1.54, 1.807) is 6.92 Å². The minimum absolute atomic E-state index is 0.00455. The van der Waals surface area contributed by atoms with Gasteiger partial charge in [-0.25, -0.2) is 4.98 Å². The zero-order valence-electron chi connectivity index (χ0n) is 17.4. The van der Waals surface area contributed by atoms with Gasteiger partial charge in [0.05, 0.1) is 23.6 Å². The van der Waals surface area contributed by atoms with E-state index in [0.717, 1.165) is 30.3 Å². The van der Waals surface area contributed by atoms with Crippen molar-refractivity contribution >= 4 is 11.7 Å². The molecule has 0 radical (unpaired) electrons. The van der Waals surface area contributed by atoms with E-state index in [2.05, 4.69) is 27.2 Å². The summed E-state index contributed by atoms with van der Waals surface area (Å²) in [5.41, 5.74) is 3.59. The molecular weight excluding hydrogens is 378 g/mol. The maximum atomic E-state index is 13.4. The van der Waals surface area contributed by atoms with E-state index in [0.29, 0.717) is 29.7 Å². The molecular formula is C23H25N5O2. The van der Waals surface area contributed by atoms with Crippen molar-refractivity contribution in [2.24, 2.45) is 11.8 Å². The molecule has 7 heteroatoms. The average Bonchev–Trinajstić information content (AvgIpc) is 3.44. The number of carbonyl (C=O) groups excluding carboxylic acids is 1. The van der Waals surface area contributed by atoms with E-state index in [4.69, 9.17) is 9.51 Å². The van der Waals surface area contributed by atoms with Gasteiger partial charge >= 0.3 is 0 Å². The first-order valence-electron chi connectivity index (χ1n) is 10.4. The van der Waals surface area contributed by atoms with Crippen LogP contribution in [0.3, 0.4) is 0 Å². The van der Waals surface area contributed by atoms with Crippen LogP contribution in [0.5, 0.6) is 0 Å². The van der Waals surface area contributed by atoms with Crippen LogP contribution >= 0.6 is 0 Å². The number of anilines is 1. The van der Waals surface area contributed by atoms with E-state index in [-0.39, 0.29) is 11.9 Å². The van der Waals surface area contributed by atoms with E-state index in [9.17, 15) is 4.79 Å². The summed E-state index contributed by atoms with van der Waals surface area (Å²) in [5.74, 6) is 2.23. The van der Waals surface area contributed by atoms with Crippen LogP contribution in [-0.2, 0) is 0 Å². The molecule has 154 valence electrons. The third-order valence-corrected chi connectivity index (χ3v) is 6.40. The standard InChI is InChI=1S/C23H25N5O2/c1-14-9-24-15(2)22(26-14)27-11-18-12-28(23(29)19-10-25-30-16(19)3)21(20(18)13-27)17-7-5-4-6-8-17/h4-10,18,20-21H,11-13H2,1-3H3/t18-,20-,21-/m0/s1. The van der Waals surface area contributed by atoms with Gasteiger partial charge in [0.15, 0.2) is 0 Å². The van der Waals surface area contributed by atoms with Crippen LogP contribution in [0.25, 0.3) is 0 Å². The molecule has 2 aromatic heterocycles. The van der Waals surface area contributed by atoms with Gasteiger partial charge in [-0.2, -0.15) is 0 Å². The molecule has 0 aliphatic carbocycles. The number of nitrogens with zero attached hydrogens (tertiary/aromatic N) is 5. The third-order valence-electron chi connectivity index (χ3n) is 6.40. The maximum absolute atomic E-state index is 13.4. The molecule has 5 rings (SSSR count). The van der Waals surface area contributed by atoms with Crippen molar-refractivity contribution in [2.45, 2.75) is 26.8 Å². The number of carbonyl (C=O) groups is 1. The van der Waals surface area contributed by atoms with Gasteiger partial charge in [0.25, 0.3) is 5.91 Å². The summed E-state index contributed by atoms with van der Waals surface area (Å²) in [4.78, 5) is 27.0. The van der Waals surface area contributed by atoms with Crippen molar-refractivity contribution in [2.75, 3.05) is 24.5 Å². The van der Waals surface area contributed by atoms with E-state index in [1.807, 2.05) is 43.1 Å². The lowest BCUT2D eigenvalue weighted by Crippen LogP contribution is -2.36. The smallest absolute Gasteiger partial charge is 0.259 e. The summed E-state index contributed by atoms with van der Waals surface area (Å²) >= 11 is 0. The highest BCUT2D eigenvalue weighted by molar-refractivity contribution is 5.95. The zero-order chi connectivity index (χ0) is 20.8. The molecule has 4 heterocycles. The number of likely N-dealkylation sites (tertiary alicyclic amines) is 1. The van der Waals surface area contributed by atoms with Gasteiger partial charge < -0.3 is 14.3 Å². The number of amides is 1. The minimum Gasteiger partial charge on any atom is -0.361 e. The highest BCUT2D eigenvalue weighted by Crippen LogP contribution is 2.46. The molecule has 30 heavy (non-hydrogen) atoms. The summed E-state index contributed by atoms with van der Waals surface area (Å²) in [7, 11) is 0. The number of aromatic nitrogens is 3. The first kappa shape index (κ1) is 18.8. The molecule has 3 atom stereocenters. The summed E-state index contributed by atoms with van der Waals surface area (Å²) < 4.78 is 5.16. The lowest BCUT2D eigenvalue weighted by atomic mass is 9.89. The SMILES string of the molecule is Cc1cnc(C)c(N2C[C@H]3CN(C(=O)c4cnoc4C)[C@@H](c4ccccc4)[C@H]3C2)n1. The van der Waals surface area contributed by atoms with Crippen molar-refractivity contribution < 1.29 is 9.32 Å². The molecule has 0 unspecified atom stereocenters. The van der Waals surface area contributed by atoms with Gasteiger partial charge in [-0.05, 0) is 26.3 Å². The van der Waals surface area contributed by atoms with Crippen LogP contribution in [0.4, 0.5) is 5.82 Å². The second-order valence-electron chi connectivity index (χ2n) is 8.36. The Labute approximate surface area is 175 Å². The van der Waals surface area contributed by atoms with E-state index >= 15 is 0 Å². The summed E-state index contributed by atoms with van der Waals surface area (Å²) in [6.45, 7) is 8.21. The van der Waals surface area contributed by atoms with Crippen molar-refractivity contribution in [3.05, 3.63) is 71.0 Å². The molecule has 0 spiro atoms. The molecule has 1 amide bonds. The fourth-order valence-corrected chi connectivity index (χ4v) is 4.99. The molecule has 3 aromatic rings. The summed E-state index contributed by atoms with van der Waals surface area (Å²) in [6, 6.07) is 10.3. The van der Waals surface area contributed by atoms with Gasteiger partial charge in [0.2, 0.25) is 0 Å². The van der Waals surface area contributed by atoms with Gasteiger partial charge in [0.1, 0.15) is 17.1 Å². The topological polar surface area (TPSA) is 75.4 Å². The number of benzene rings is 1. The van der Waals surface area contributed by atoms with E-state index in [1.165, 1.54) is 11.8 Å². The number of hydrogen-bond acceptors (Lipinski definition) is 6. The Morgan fingerprint density at radius 3 is 2.60 bits per heavy atom. The summed E-state index contributed by atoms with van der Waals surface area (Å²) in [6.07, 6.45) is 3.34. The Balaban J connectivity index is 1.48. The van der Waals surface area contributed by atoms with Crippen molar-refractivity contribution in [3.8, 4) is 0 Å². The molecule has 2 aliphatic rings. The number of fused-ring (bicyclic) bond motifs is 1. The lowest BCUT2D eigenvalue weighted by molar-refractivity contribution is 0.0714. The average molecular weight is 403 g/mol. The Kier molecular flexibility index (Phi) is 4.53. The van der Waals surface area contributed by atoms with Crippen molar-refractivity contribution in [1.82, 2.24) is 20.0 Å². The fraction of sp³-hybridized carbons (Fsp3) is 0.391. The number of rotatable bonds is 3. The monoisotopic (exact) mass is 403 g/mol. The molecule has 0 saturated carbocycles. The van der Waals surface area contributed by atoms with Crippen molar-refractivity contribution in [1.29, 1.82) is 0 Å². The van der Waals surface area contributed by atoms with Crippen LogP contribution in [0, 0.1) is 32.6 Å². The highest BCUT2D eigenvalue weighted by atomic mass is 16.5. The first-order chi connectivity index (χ1) is 14.5. The number of hydrogen-bond donors (Lipinski definition) is 0. The molecule has 2 saturated heterocycles. The molecule has 0 bridgehead atoms. The highest BCUT2D eigenvalue weighted by Gasteiger charge is 2.50. The Hall–Kier alpha value is -3.22. The normalized spacial score (nSPS) is 23.1. The van der Waals surface area contributed by atoms with Crippen LogP contribution in [0.1, 0.15) is 39.1 Å². The molecule has 7 nitrogen and oxygen atoms in total. The fourth-order valence-electron chi connectivity index (χ4n) is 4.99. The van der Waals surface area contributed by atoms with E-state index < -0.39 is 0 Å². The quantitative estimate of drug-likeness (QED) is 0.668. The maximum Gasteiger partial charge on any atom is 0.259 e. The van der Waals surface area contributed by atoms with Crippen LogP contribution < -0.4 is 4.90 Å². The second-order valence-corrected chi connectivity index (χ2v) is 8.36. The van der Waals surface area contributed by atoms with Gasteiger partial charge in [0, 0.05) is 37.7 Å². The largest absolute Gasteiger partial charge is 0.361 e. The molecule has 1 aromatic carbocycles. The molecule has 2 aliphatic heterocycles. The summed E-state index contributed by atoms with van der Waals surface area (Å²) in [5, 5.41) is 3.81. The van der Waals surface area contributed by atoms with Gasteiger partial charge in [-0.3, -0.25) is 9.78 Å². The van der Waals surface area contributed by atoms with Crippen LogP contribution in [0.2, 0.25) is 0 Å². The number of aryl methyl sites for hydroxylation is 3. The minimum atomic E-state index is -0.00455. The predicted octanol–water partition coefficient (Wildman–Crippen LogP) is 3.34. The Bertz CT molecular complexity index is 1080. The van der Waals surface area contributed by atoms with Crippen LogP contribution in [-0.4, -0.2) is 45.6 Å². The predicted molar refractivity (Wildman–Crippen MR) is 112 cm³/mol. The molecule has 2 fully saturated rings. The zero-order valence-corrected chi connectivity index (χ0v) is 17.4. The van der Waals surface area contributed by atoms with Crippen molar-refractivity contribution in [3.63, 3.8) is 0 Å². The Morgan fingerprint density at radius 2 is 1.87 bits per heavy atom. The van der Waals surface area contributed by atoms with Gasteiger partial charge in [-0.1, -0.05) is 35.5 Å². The van der Waals surface area contributed by atoms with Gasteiger partial charge in [-0.15, -0.1) is 0 Å². The Morgan fingerprint density at radius 1 is 1.07 bits per heavy atom. The molecule has 0 N–H and O–H groups in total. The second kappa shape index (κ2) is 7.23. The lowest BCUT2D eigenvalue weighted by Gasteiger charge is -2.30. The third kappa shape index (κ3) is 3.05.